The third-order valence-electron chi connectivity index (χ3n) is 2.93. The standard InChI is InChI=1S/C13H14F3NO/c14-13(15,16)11-5-1-3-9(7-11)12(17)10-4-2-6-18-8-10/h1,3,5,7-8,12H,2,4,6,17H2. The lowest BCUT2D eigenvalue weighted by atomic mass is 9.95. The summed E-state index contributed by atoms with van der Waals surface area (Å²) < 4.78 is 42.9. The van der Waals surface area contributed by atoms with Crippen LogP contribution in [-0.4, -0.2) is 6.61 Å². The van der Waals surface area contributed by atoms with Gasteiger partial charge in [-0.25, -0.2) is 0 Å². The molecule has 0 amide bonds. The summed E-state index contributed by atoms with van der Waals surface area (Å²) in [5.74, 6) is 0. The average molecular weight is 257 g/mol. The first-order valence-electron chi connectivity index (χ1n) is 5.72. The van der Waals surface area contributed by atoms with E-state index in [-0.39, 0.29) is 0 Å². The van der Waals surface area contributed by atoms with Crippen molar-refractivity contribution in [2.45, 2.75) is 25.1 Å². The molecule has 0 radical (unpaired) electrons. The van der Waals surface area contributed by atoms with Crippen LogP contribution in [0.2, 0.25) is 0 Å². The first kappa shape index (κ1) is 13.0. The summed E-state index contributed by atoms with van der Waals surface area (Å²) in [5.41, 5.74) is 6.59. The zero-order valence-corrected chi connectivity index (χ0v) is 9.70. The van der Waals surface area contributed by atoms with E-state index in [0.29, 0.717) is 12.2 Å². The molecule has 1 aromatic carbocycles. The Hall–Kier alpha value is -1.49. The van der Waals surface area contributed by atoms with Gasteiger partial charge in [0.05, 0.1) is 24.5 Å². The quantitative estimate of drug-likeness (QED) is 0.881. The van der Waals surface area contributed by atoms with Crippen molar-refractivity contribution in [3.8, 4) is 0 Å². The number of hydrogen-bond acceptors (Lipinski definition) is 2. The topological polar surface area (TPSA) is 35.2 Å². The van der Waals surface area contributed by atoms with Crippen molar-refractivity contribution in [2.75, 3.05) is 6.61 Å². The van der Waals surface area contributed by atoms with E-state index in [1.165, 1.54) is 6.07 Å². The van der Waals surface area contributed by atoms with Crippen LogP contribution < -0.4 is 5.73 Å². The molecule has 1 aromatic rings. The number of hydrogen-bond donors (Lipinski definition) is 1. The monoisotopic (exact) mass is 257 g/mol. The maximum Gasteiger partial charge on any atom is 0.416 e. The van der Waals surface area contributed by atoms with Crippen LogP contribution in [0.5, 0.6) is 0 Å². The van der Waals surface area contributed by atoms with Gasteiger partial charge in [-0.1, -0.05) is 12.1 Å². The molecule has 5 heteroatoms. The molecule has 0 spiro atoms. The molecule has 1 heterocycles. The van der Waals surface area contributed by atoms with Gasteiger partial charge in [-0.3, -0.25) is 0 Å². The summed E-state index contributed by atoms with van der Waals surface area (Å²) in [6, 6.07) is 4.59. The molecule has 0 aliphatic carbocycles. The summed E-state index contributed by atoms with van der Waals surface area (Å²) >= 11 is 0. The predicted molar refractivity (Wildman–Crippen MR) is 61.6 cm³/mol. The van der Waals surface area contributed by atoms with Crippen molar-refractivity contribution in [3.63, 3.8) is 0 Å². The van der Waals surface area contributed by atoms with Crippen molar-refractivity contribution in [1.82, 2.24) is 0 Å². The predicted octanol–water partition coefficient (Wildman–Crippen LogP) is 3.40. The van der Waals surface area contributed by atoms with Crippen LogP contribution in [0.1, 0.15) is 30.0 Å². The smallest absolute Gasteiger partial charge is 0.416 e. The Morgan fingerprint density at radius 3 is 2.67 bits per heavy atom. The maximum atomic E-state index is 12.6. The second-order valence-corrected chi connectivity index (χ2v) is 4.27. The minimum absolute atomic E-state index is 0.460. The van der Waals surface area contributed by atoms with E-state index in [4.69, 9.17) is 10.5 Å². The first-order chi connectivity index (χ1) is 8.48. The van der Waals surface area contributed by atoms with Gasteiger partial charge in [-0.2, -0.15) is 13.2 Å². The molecule has 18 heavy (non-hydrogen) atoms. The van der Waals surface area contributed by atoms with E-state index in [9.17, 15) is 13.2 Å². The molecule has 0 saturated carbocycles. The number of ether oxygens (including phenoxy) is 1. The Morgan fingerprint density at radius 2 is 2.06 bits per heavy atom. The van der Waals surface area contributed by atoms with Gasteiger partial charge < -0.3 is 10.5 Å². The summed E-state index contributed by atoms with van der Waals surface area (Å²) in [6.45, 7) is 0.638. The van der Waals surface area contributed by atoms with Crippen LogP contribution in [0.25, 0.3) is 0 Å². The average Bonchev–Trinajstić information content (AvgIpc) is 2.38. The van der Waals surface area contributed by atoms with Crippen LogP contribution in [0.4, 0.5) is 13.2 Å². The lowest BCUT2D eigenvalue weighted by Crippen LogP contribution is -2.17. The normalized spacial score (nSPS) is 17.9. The van der Waals surface area contributed by atoms with Gasteiger partial charge in [-0.05, 0) is 36.1 Å². The largest absolute Gasteiger partial charge is 0.501 e. The number of alkyl halides is 3. The number of benzene rings is 1. The molecule has 98 valence electrons. The highest BCUT2D eigenvalue weighted by Gasteiger charge is 2.31. The number of halogens is 3. The van der Waals surface area contributed by atoms with Crippen LogP contribution in [0.3, 0.4) is 0 Å². The highest BCUT2D eigenvalue weighted by Crippen LogP contribution is 2.32. The van der Waals surface area contributed by atoms with Crippen molar-refractivity contribution in [2.24, 2.45) is 5.73 Å². The molecular weight excluding hydrogens is 243 g/mol. The fourth-order valence-electron chi connectivity index (χ4n) is 1.94. The Labute approximate surface area is 103 Å². The minimum atomic E-state index is -4.34. The Morgan fingerprint density at radius 1 is 1.28 bits per heavy atom. The Bertz CT molecular complexity index is 454. The minimum Gasteiger partial charge on any atom is -0.501 e. The van der Waals surface area contributed by atoms with Gasteiger partial charge in [0, 0.05) is 0 Å². The molecule has 2 nitrogen and oxygen atoms in total. The molecule has 0 fully saturated rings. The SMILES string of the molecule is NC(C1=COCCC1)c1cccc(C(F)(F)F)c1. The van der Waals surface area contributed by atoms with Crippen molar-refractivity contribution < 1.29 is 17.9 Å². The summed E-state index contributed by atoms with van der Waals surface area (Å²) in [7, 11) is 0. The molecule has 2 rings (SSSR count). The summed E-state index contributed by atoms with van der Waals surface area (Å²) in [6.07, 6.45) is -1.17. The summed E-state index contributed by atoms with van der Waals surface area (Å²) in [4.78, 5) is 0. The molecule has 1 aliphatic rings. The van der Waals surface area contributed by atoms with Gasteiger partial charge in [0.2, 0.25) is 0 Å². The van der Waals surface area contributed by atoms with E-state index in [0.717, 1.165) is 30.5 Å². The van der Waals surface area contributed by atoms with Gasteiger partial charge >= 0.3 is 6.18 Å². The highest BCUT2D eigenvalue weighted by molar-refractivity contribution is 5.32. The zero-order chi connectivity index (χ0) is 13.2. The van der Waals surface area contributed by atoms with Crippen molar-refractivity contribution in [1.29, 1.82) is 0 Å². The fourth-order valence-corrected chi connectivity index (χ4v) is 1.94. The van der Waals surface area contributed by atoms with Gasteiger partial charge in [0.1, 0.15) is 0 Å². The number of nitrogens with two attached hydrogens (primary N) is 1. The Balaban J connectivity index is 2.25. The maximum absolute atomic E-state index is 12.6. The molecule has 0 bridgehead atoms. The van der Waals surface area contributed by atoms with Crippen molar-refractivity contribution >= 4 is 0 Å². The van der Waals surface area contributed by atoms with E-state index in [1.807, 2.05) is 0 Å². The molecule has 0 aromatic heterocycles. The molecule has 1 atom stereocenters. The number of rotatable bonds is 2. The summed E-state index contributed by atoms with van der Waals surface area (Å²) in [5, 5.41) is 0. The first-order valence-corrected chi connectivity index (χ1v) is 5.72. The zero-order valence-electron chi connectivity index (χ0n) is 9.70. The van der Waals surface area contributed by atoms with Gasteiger partial charge in [0.15, 0.2) is 0 Å². The molecule has 1 aliphatic heterocycles. The van der Waals surface area contributed by atoms with E-state index >= 15 is 0 Å². The highest BCUT2D eigenvalue weighted by atomic mass is 19.4. The van der Waals surface area contributed by atoms with Crippen LogP contribution >= 0.6 is 0 Å². The fraction of sp³-hybridized carbons (Fsp3) is 0.385. The van der Waals surface area contributed by atoms with E-state index in [1.54, 1.807) is 12.3 Å². The molecule has 0 saturated heterocycles. The van der Waals surface area contributed by atoms with E-state index < -0.39 is 17.8 Å². The van der Waals surface area contributed by atoms with Crippen LogP contribution in [0, 0.1) is 0 Å². The van der Waals surface area contributed by atoms with Crippen LogP contribution in [-0.2, 0) is 10.9 Å². The third-order valence-corrected chi connectivity index (χ3v) is 2.93. The lowest BCUT2D eigenvalue weighted by molar-refractivity contribution is -0.137. The van der Waals surface area contributed by atoms with Gasteiger partial charge in [-0.15, -0.1) is 0 Å². The second-order valence-electron chi connectivity index (χ2n) is 4.27. The van der Waals surface area contributed by atoms with Crippen LogP contribution in [0.15, 0.2) is 36.1 Å². The molecule has 2 N–H and O–H groups in total. The third kappa shape index (κ3) is 2.85. The second kappa shape index (κ2) is 5.02. The Kier molecular flexibility index (Phi) is 3.61. The molecular formula is C13H14F3NO. The van der Waals surface area contributed by atoms with E-state index in [2.05, 4.69) is 0 Å². The van der Waals surface area contributed by atoms with Gasteiger partial charge in [0.25, 0.3) is 0 Å². The molecule has 1 unspecified atom stereocenters. The van der Waals surface area contributed by atoms with Crippen molar-refractivity contribution in [3.05, 3.63) is 47.2 Å². The lowest BCUT2D eigenvalue weighted by Gasteiger charge is -2.20.